The molecule has 2 aromatic rings. The van der Waals surface area contributed by atoms with Gasteiger partial charge in [0.15, 0.2) is 0 Å². The van der Waals surface area contributed by atoms with Crippen molar-refractivity contribution in [3.63, 3.8) is 0 Å². The third kappa shape index (κ3) is 1.72. The molecule has 0 aliphatic rings. The summed E-state index contributed by atoms with van der Waals surface area (Å²) in [6.45, 7) is 1.96. The summed E-state index contributed by atoms with van der Waals surface area (Å²) < 4.78 is 1.86. The van der Waals surface area contributed by atoms with Crippen LogP contribution >= 0.6 is 15.9 Å². The summed E-state index contributed by atoms with van der Waals surface area (Å²) in [5, 5.41) is 2.95. The van der Waals surface area contributed by atoms with E-state index in [2.05, 4.69) is 31.0 Å². The summed E-state index contributed by atoms with van der Waals surface area (Å²) in [6, 6.07) is 1.70. The number of aromatic amines is 1. The minimum atomic E-state index is -0.168. The van der Waals surface area contributed by atoms with Crippen LogP contribution in [-0.4, -0.2) is 19.7 Å². The molecule has 0 saturated carbocycles. The standard InChI is InChI=1S/C9H9BrN4O/c1-2-6-7(10)8(15)14(13-6)9-11-4-3-5-12-9/h3-5,13H,2H2,1H3. The Balaban J connectivity index is 2.60. The highest BCUT2D eigenvalue weighted by Crippen LogP contribution is 2.10. The molecule has 1 N–H and O–H groups in total. The summed E-state index contributed by atoms with van der Waals surface area (Å²) in [6.07, 6.45) is 3.93. The predicted molar refractivity (Wildman–Crippen MR) is 59.1 cm³/mol. The first-order valence-electron chi connectivity index (χ1n) is 4.50. The van der Waals surface area contributed by atoms with E-state index in [1.807, 2.05) is 6.92 Å². The van der Waals surface area contributed by atoms with Gasteiger partial charge in [0.1, 0.15) is 4.47 Å². The highest BCUT2D eigenvalue weighted by Gasteiger charge is 2.12. The molecule has 0 atom stereocenters. The van der Waals surface area contributed by atoms with Gasteiger partial charge in [-0.3, -0.25) is 9.89 Å². The van der Waals surface area contributed by atoms with Crippen molar-refractivity contribution < 1.29 is 0 Å². The van der Waals surface area contributed by atoms with Gasteiger partial charge in [0.2, 0.25) is 0 Å². The summed E-state index contributed by atoms with van der Waals surface area (Å²) in [5.41, 5.74) is 0.672. The van der Waals surface area contributed by atoms with Crippen LogP contribution in [0.25, 0.3) is 5.95 Å². The molecule has 5 nitrogen and oxygen atoms in total. The van der Waals surface area contributed by atoms with Crippen LogP contribution in [0, 0.1) is 0 Å². The lowest BCUT2D eigenvalue weighted by Gasteiger charge is -1.97. The van der Waals surface area contributed by atoms with Crippen molar-refractivity contribution in [2.75, 3.05) is 0 Å². The van der Waals surface area contributed by atoms with Gasteiger partial charge in [0.05, 0.1) is 5.69 Å². The molecule has 0 amide bonds. The van der Waals surface area contributed by atoms with Crippen molar-refractivity contribution in [3.05, 3.63) is 39.0 Å². The molecule has 2 rings (SSSR count). The first-order valence-corrected chi connectivity index (χ1v) is 5.30. The second kappa shape index (κ2) is 3.98. The van der Waals surface area contributed by atoms with Crippen LogP contribution < -0.4 is 5.56 Å². The maximum Gasteiger partial charge on any atom is 0.288 e. The molecule has 0 bridgehead atoms. The Morgan fingerprint density at radius 3 is 2.67 bits per heavy atom. The third-order valence-corrected chi connectivity index (χ3v) is 2.83. The fourth-order valence-electron chi connectivity index (χ4n) is 1.24. The molecule has 0 unspecified atom stereocenters. The SMILES string of the molecule is CCc1[nH]n(-c2ncccn2)c(=O)c1Br. The Bertz CT molecular complexity index is 517. The molecule has 0 fully saturated rings. The number of nitrogens with one attached hydrogen (secondary N) is 1. The molecule has 0 radical (unpaired) electrons. The minimum absolute atomic E-state index is 0.168. The van der Waals surface area contributed by atoms with Gasteiger partial charge in [-0.2, -0.15) is 4.68 Å². The van der Waals surface area contributed by atoms with Gasteiger partial charge < -0.3 is 0 Å². The minimum Gasteiger partial charge on any atom is -0.291 e. The average Bonchev–Trinajstić information content (AvgIpc) is 2.57. The molecule has 0 aliphatic carbocycles. The number of rotatable bonds is 2. The Morgan fingerprint density at radius 1 is 1.47 bits per heavy atom. The van der Waals surface area contributed by atoms with Gasteiger partial charge >= 0.3 is 0 Å². The number of halogens is 1. The highest BCUT2D eigenvalue weighted by molar-refractivity contribution is 9.10. The predicted octanol–water partition coefficient (Wildman–Crippen LogP) is 1.28. The number of hydrogen-bond donors (Lipinski definition) is 1. The molecule has 15 heavy (non-hydrogen) atoms. The molecule has 78 valence electrons. The molecule has 0 aliphatic heterocycles. The van der Waals surface area contributed by atoms with Crippen LogP contribution in [0.5, 0.6) is 0 Å². The van der Waals surface area contributed by atoms with Crippen LogP contribution in [0.15, 0.2) is 27.7 Å². The first kappa shape index (κ1) is 10.1. The van der Waals surface area contributed by atoms with Crippen molar-refractivity contribution in [3.8, 4) is 5.95 Å². The summed E-state index contributed by atoms with van der Waals surface area (Å²) in [7, 11) is 0. The molecule has 0 aromatic carbocycles. The monoisotopic (exact) mass is 268 g/mol. The second-order valence-corrected chi connectivity index (χ2v) is 3.74. The molecule has 0 saturated heterocycles. The highest BCUT2D eigenvalue weighted by atomic mass is 79.9. The molecular formula is C9H9BrN4O. The smallest absolute Gasteiger partial charge is 0.288 e. The van der Waals surface area contributed by atoms with E-state index in [0.29, 0.717) is 10.4 Å². The van der Waals surface area contributed by atoms with E-state index in [0.717, 1.165) is 12.1 Å². The van der Waals surface area contributed by atoms with Crippen molar-refractivity contribution in [1.82, 2.24) is 19.7 Å². The zero-order valence-corrected chi connectivity index (χ0v) is 9.65. The fourth-order valence-corrected chi connectivity index (χ4v) is 1.79. The van der Waals surface area contributed by atoms with E-state index in [4.69, 9.17) is 0 Å². The number of aromatic nitrogens is 4. The normalized spacial score (nSPS) is 10.5. The quantitative estimate of drug-likeness (QED) is 0.893. The Morgan fingerprint density at radius 2 is 2.13 bits per heavy atom. The van der Waals surface area contributed by atoms with Crippen molar-refractivity contribution in [2.24, 2.45) is 0 Å². The number of nitrogens with zero attached hydrogens (tertiary/aromatic N) is 3. The lowest BCUT2D eigenvalue weighted by atomic mass is 10.3. The summed E-state index contributed by atoms with van der Waals surface area (Å²) >= 11 is 3.24. The maximum absolute atomic E-state index is 11.8. The molecule has 2 aromatic heterocycles. The molecule has 2 heterocycles. The van der Waals surface area contributed by atoms with E-state index in [1.165, 1.54) is 4.68 Å². The van der Waals surface area contributed by atoms with Crippen LogP contribution in [0.2, 0.25) is 0 Å². The Hall–Kier alpha value is -1.43. The second-order valence-electron chi connectivity index (χ2n) is 2.95. The van der Waals surface area contributed by atoms with E-state index >= 15 is 0 Å². The Labute approximate surface area is 94.3 Å². The van der Waals surface area contributed by atoms with E-state index in [9.17, 15) is 4.79 Å². The van der Waals surface area contributed by atoms with E-state index in [1.54, 1.807) is 18.5 Å². The average molecular weight is 269 g/mol. The Kier molecular flexibility index (Phi) is 2.68. The number of H-pyrrole nitrogens is 1. The van der Waals surface area contributed by atoms with Crippen molar-refractivity contribution in [1.29, 1.82) is 0 Å². The molecule has 6 heteroatoms. The van der Waals surface area contributed by atoms with Gasteiger partial charge in [-0.25, -0.2) is 9.97 Å². The summed E-state index contributed by atoms with van der Waals surface area (Å²) in [5.74, 6) is 0.350. The zero-order chi connectivity index (χ0) is 10.8. The molecular weight excluding hydrogens is 260 g/mol. The van der Waals surface area contributed by atoms with E-state index < -0.39 is 0 Å². The topological polar surface area (TPSA) is 63.6 Å². The van der Waals surface area contributed by atoms with Gasteiger partial charge in [-0.05, 0) is 28.4 Å². The van der Waals surface area contributed by atoms with Gasteiger partial charge in [-0.15, -0.1) is 0 Å². The lowest BCUT2D eigenvalue weighted by molar-refractivity contribution is 0.764. The van der Waals surface area contributed by atoms with Crippen LogP contribution in [0.4, 0.5) is 0 Å². The fraction of sp³-hybridized carbons (Fsp3) is 0.222. The maximum atomic E-state index is 11.8. The number of hydrogen-bond acceptors (Lipinski definition) is 3. The largest absolute Gasteiger partial charge is 0.291 e. The van der Waals surface area contributed by atoms with Gasteiger partial charge in [-0.1, -0.05) is 6.92 Å². The van der Waals surface area contributed by atoms with Crippen LogP contribution in [0.1, 0.15) is 12.6 Å². The van der Waals surface area contributed by atoms with Gasteiger partial charge in [0.25, 0.3) is 11.5 Å². The van der Waals surface area contributed by atoms with Crippen molar-refractivity contribution >= 4 is 15.9 Å². The van der Waals surface area contributed by atoms with E-state index in [-0.39, 0.29) is 5.56 Å². The molecule has 0 spiro atoms. The lowest BCUT2D eigenvalue weighted by Crippen LogP contribution is -2.17. The van der Waals surface area contributed by atoms with Crippen LogP contribution in [-0.2, 0) is 6.42 Å². The van der Waals surface area contributed by atoms with Crippen LogP contribution in [0.3, 0.4) is 0 Å². The summed E-state index contributed by atoms with van der Waals surface area (Å²) in [4.78, 5) is 19.8. The third-order valence-electron chi connectivity index (χ3n) is 2.01. The zero-order valence-electron chi connectivity index (χ0n) is 8.07. The van der Waals surface area contributed by atoms with Gasteiger partial charge in [0, 0.05) is 12.4 Å². The van der Waals surface area contributed by atoms with Crippen molar-refractivity contribution in [2.45, 2.75) is 13.3 Å². The number of aryl methyl sites for hydroxylation is 1. The first-order chi connectivity index (χ1) is 7.24.